The summed E-state index contributed by atoms with van der Waals surface area (Å²) < 4.78 is 13.6. The van der Waals surface area contributed by atoms with Crippen LogP contribution in [0, 0.1) is 12.7 Å². The van der Waals surface area contributed by atoms with E-state index in [-0.39, 0.29) is 30.0 Å². The lowest BCUT2D eigenvalue weighted by Gasteiger charge is -2.26. The maximum atomic E-state index is 13.6. The van der Waals surface area contributed by atoms with Gasteiger partial charge in [-0.15, -0.1) is 17.5 Å². The maximum Gasteiger partial charge on any atom is 0.211 e. The average molecular weight is 364 g/mol. The number of hydrogen-bond acceptors (Lipinski definition) is 4. The Kier molecular flexibility index (Phi) is 5.58. The van der Waals surface area contributed by atoms with E-state index in [0.717, 1.165) is 16.8 Å². The Labute approximate surface area is 150 Å². The molecule has 1 aliphatic carbocycles. The first-order chi connectivity index (χ1) is 11.5. The molecule has 132 valence electrons. The van der Waals surface area contributed by atoms with Gasteiger partial charge in [-0.05, 0) is 55.5 Å². The fourth-order valence-corrected chi connectivity index (χ4v) is 3.09. The van der Waals surface area contributed by atoms with Crippen LogP contribution in [0.3, 0.4) is 0 Å². The minimum atomic E-state index is -0.395. The third-order valence-corrected chi connectivity index (χ3v) is 4.12. The Hall–Kier alpha value is -2.67. The number of phenolic OH excluding ortho intramolecular Hbond substituents is 1. The van der Waals surface area contributed by atoms with Crippen LogP contribution in [0.15, 0.2) is 40.7 Å². The molecule has 1 aromatic heterocycles. The van der Waals surface area contributed by atoms with E-state index < -0.39 is 5.82 Å². The third kappa shape index (κ3) is 3.88. The number of nitrogens with zero attached hydrogens (tertiary/aromatic N) is 3. The van der Waals surface area contributed by atoms with Crippen molar-refractivity contribution in [1.29, 1.82) is 0 Å². The smallest absolute Gasteiger partial charge is 0.211 e. The quantitative estimate of drug-likeness (QED) is 0.432. The number of pyridine rings is 1. The van der Waals surface area contributed by atoms with Crippen LogP contribution in [0.4, 0.5) is 4.39 Å². The minimum Gasteiger partial charge on any atom is -0.508 e. The number of phenols is 1. The first kappa shape index (κ1) is 18.7. The number of guanidine groups is 1. The van der Waals surface area contributed by atoms with Crippen molar-refractivity contribution in [3.63, 3.8) is 0 Å². The van der Waals surface area contributed by atoms with Crippen molar-refractivity contribution in [2.24, 2.45) is 21.7 Å². The highest BCUT2D eigenvalue weighted by Crippen LogP contribution is 2.37. The monoisotopic (exact) mass is 363 g/mol. The molecule has 25 heavy (non-hydrogen) atoms. The lowest BCUT2D eigenvalue weighted by Crippen LogP contribution is -2.24. The second kappa shape index (κ2) is 7.48. The molecule has 0 bridgehead atoms. The Morgan fingerprint density at radius 3 is 2.76 bits per heavy atom. The van der Waals surface area contributed by atoms with Gasteiger partial charge in [-0.1, -0.05) is 0 Å². The van der Waals surface area contributed by atoms with Crippen LogP contribution in [0.1, 0.15) is 34.7 Å². The molecule has 1 heterocycles. The van der Waals surface area contributed by atoms with E-state index in [1.165, 1.54) is 18.2 Å². The highest BCUT2D eigenvalue weighted by molar-refractivity contribution is 6.04. The zero-order valence-corrected chi connectivity index (χ0v) is 14.4. The highest BCUT2D eigenvalue weighted by atomic mass is 35.5. The van der Waals surface area contributed by atoms with Crippen molar-refractivity contribution in [3.05, 3.63) is 58.7 Å². The van der Waals surface area contributed by atoms with Crippen LogP contribution in [0.5, 0.6) is 5.75 Å². The van der Waals surface area contributed by atoms with Crippen molar-refractivity contribution in [1.82, 2.24) is 4.98 Å². The molecule has 2 aromatic rings. The van der Waals surface area contributed by atoms with Gasteiger partial charge < -0.3 is 16.6 Å². The largest absolute Gasteiger partial charge is 0.508 e. The molecule has 0 saturated heterocycles. The Balaban J connectivity index is 0.00000225. The van der Waals surface area contributed by atoms with Crippen molar-refractivity contribution in [2.75, 3.05) is 0 Å². The van der Waals surface area contributed by atoms with Gasteiger partial charge in [0.05, 0.1) is 11.4 Å². The predicted molar refractivity (Wildman–Crippen MR) is 97.7 cm³/mol. The number of aromatic nitrogens is 1. The molecule has 0 amide bonds. The van der Waals surface area contributed by atoms with E-state index in [1.54, 1.807) is 6.20 Å². The van der Waals surface area contributed by atoms with Gasteiger partial charge in [-0.25, -0.2) is 4.39 Å². The second-order valence-corrected chi connectivity index (χ2v) is 5.83. The van der Waals surface area contributed by atoms with Crippen molar-refractivity contribution in [3.8, 4) is 5.75 Å². The number of aromatic hydroxyl groups is 1. The van der Waals surface area contributed by atoms with Crippen LogP contribution in [-0.2, 0) is 6.42 Å². The minimum absolute atomic E-state index is 0. The lowest BCUT2D eigenvalue weighted by atomic mass is 9.79. The fourth-order valence-electron chi connectivity index (χ4n) is 3.09. The number of nitrogens with two attached hydrogens (primary N) is 2. The maximum absolute atomic E-state index is 13.6. The van der Waals surface area contributed by atoms with E-state index in [2.05, 4.69) is 15.2 Å². The van der Waals surface area contributed by atoms with Crippen LogP contribution in [0.25, 0.3) is 0 Å². The number of rotatable bonds is 2. The number of hydrogen-bond donors (Lipinski definition) is 3. The SMILES string of the molecule is Cc1ccnc2c1C(=NN=C(N)N)CC(c1cc(F)ccc1O)C2.Cl. The zero-order chi connectivity index (χ0) is 17.3. The Morgan fingerprint density at radius 1 is 1.28 bits per heavy atom. The predicted octanol–water partition coefficient (Wildman–Crippen LogP) is 2.36. The molecular weight excluding hydrogens is 345 g/mol. The summed E-state index contributed by atoms with van der Waals surface area (Å²) in [7, 11) is 0. The molecule has 0 radical (unpaired) electrons. The van der Waals surface area contributed by atoms with Crippen molar-refractivity contribution in [2.45, 2.75) is 25.7 Å². The lowest BCUT2D eigenvalue weighted by molar-refractivity contribution is 0.456. The molecule has 1 aromatic carbocycles. The summed E-state index contributed by atoms with van der Waals surface area (Å²) >= 11 is 0. The molecular formula is C17H19ClFN5O. The van der Waals surface area contributed by atoms with Gasteiger partial charge in [0.1, 0.15) is 11.6 Å². The first-order valence-corrected chi connectivity index (χ1v) is 7.54. The molecule has 1 aliphatic rings. The molecule has 1 unspecified atom stereocenters. The summed E-state index contributed by atoms with van der Waals surface area (Å²) in [6.07, 6.45) is 2.78. The first-order valence-electron chi connectivity index (χ1n) is 7.54. The van der Waals surface area contributed by atoms with E-state index in [4.69, 9.17) is 11.5 Å². The topological polar surface area (TPSA) is 110 Å². The number of benzene rings is 1. The molecule has 8 heteroatoms. The van der Waals surface area contributed by atoms with Crippen LogP contribution in [0.2, 0.25) is 0 Å². The molecule has 6 nitrogen and oxygen atoms in total. The molecule has 5 N–H and O–H groups in total. The Bertz CT molecular complexity index is 849. The average Bonchev–Trinajstić information content (AvgIpc) is 2.54. The van der Waals surface area contributed by atoms with Gasteiger partial charge in [-0.2, -0.15) is 5.10 Å². The van der Waals surface area contributed by atoms with Gasteiger partial charge in [0.25, 0.3) is 0 Å². The van der Waals surface area contributed by atoms with Gasteiger partial charge in [0.15, 0.2) is 0 Å². The molecule has 0 spiro atoms. The van der Waals surface area contributed by atoms with Crippen LogP contribution in [-0.4, -0.2) is 21.8 Å². The van der Waals surface area contributed by atoms with E-state index in [0.29, 0.717) is 24.1 Å². The second-order valence-electron chi connectivity index (χ2n) is 5.83. The number of aryl methyl sites for hydroxylation is 1. The molecule has 1 atom stereocenters. The van der Waals surface area contributed by atoms with Gasteiger partial charge in [0.2, 0.25) is 5.96 Å². The van der Waals surface area contributed by atoms with E-state index >= 15 is 0 Å². The van der Waals surface area contributed by atoms with Crippen LogP contribution < -0.4 is 11.5 Å². The summed E-state index contributed by atoms with van der Waals surface area (Å²) in [5.41, 5.74) is 14.7. The van der Waals surface area contributed by atoms with Crippen molar-refractivity contribution < 1.29 is 9.50 Å². The third-order valence-electron chi connectivity index (χ3n) is 4.12. The van der Waals surface area contributed by atoms with E-state index in [9.17, 15) is 9.50 Å². The molecule has 0 fully saturated rings. The molecule has 3 rings (SSSR count). The summed E-state index contributed by atoms with van der Waals surface area (Å²) in [4.78, 5) is 4.42. The van der Waals surface area contributed by atoms with Crippen LogP contribution >= 0.6 is 12.4 Å². The van der Waals surface area contributed by atoms with Crippen molar-refractivity contribution >= 4 is 24.1 Å². The van der Waals surface area contributed by atoms with Gasteiger partial charge in [-0.3, -0.25) is 4.98 Å². The summed E-state index contributed by atoms with van der Waals surface area (Å²) in [5, 5.41) is 18.0. The highest BCUT2D eigenvalue weighted by Gasteiger charge is 2.29. The molecule has 0 saturated carbocycles. The normalized spacial score (nSPS) is 17.5. The van der Waals surface area contributed by atoms with E-state index in [1.807, 2.05) is 13.0 Å². The summed E-state index contributed by atoms with van der Waals surface area (Å²) in [6.45, 7) is 1.96. The summed E-state index contributed by atoms with van der Waals surface area (Å²) in [6, 6.07) is 5.83. The summed E-state index contributed by atoms with van der Waals surface area (Å²) in [5.74, 6) is -0.635. The zero-order valence-electron chi connectivity index (χ0n) is 13.6. The standard InChI is InChI=1S/C17H18FN5O.ClH/c1-9-4-5-21-13-6-10(12-8-11(18)2-3-15(12)24)7-14(16(9)13)22-23-17(19)20;/h2-5,8,10,24H,6-7H2,1H3,(H4,19,20,23);1H. The van der Waals surface area contributed by atoms with Gasteiger partial charge >= 0.3 is 0 Å². The number of halogens is 2. The molecule has 0 aliphatic heterocycles. The number of fused-ring (bicyclic) bond motifs is 1. The van der Waals surface area contributed by atoms with Gasteiger partial charge in [0, 0.05) is 17.3 Å². The Morgan fingerprint density at radius 2 is 2.04 bits per heavy atom. The fraction of sp³-hybridized carbons (Fsp3) is 0.235.